The van der Waals surface area contributed by atoms with Crippen molar-refractivity contribution in [1.29, 1.82) is 0 Å². The Kier molecular flexibility index (Phi) is 7.44. The summed E-state index contributed by atoms with van der Waals surface area (Å²) in [6.45, 7) is 13.1. The molecule has 0 saturated carbocycles. The maximum absolute atomic E-state index is 12.1. The summed E-state index contributed by atoms with van der Waals surface area (Å²) >= 11 is 0. The number of hydrogen-bond donors (Lipinski definition) is 0. The number of rotatable bonds is 3. The van der Waals surface area contributed by atoms with Crippen molar-refractivity contribution in [3.63, 3.8) is 0 Å². The Bertz CT molecular complexity index is 905. The van der Waals surface area contributed by atoms with Crippen molar-refractivity contribution in [3.05, 3.63) is 95.6 Å². The fourth-order valence-corrected chi connectivity index (χ4v) is 2.81. The van der Waals surface area contributed by atoms with Crippen molar-refractivity contribution in [2.45, 2.75) is 58.8 Å². The molecule has 0 aliphatic carbocycles. The molecular weight excluding hydrogens is 356 g/mol. The number of pyridine rings is 2. The van der Waals surface area contributed by atoms with Gasteiger partial charge in [0.15, 0.2) is 5.78 Å². The van der Waals surface area contributed by atoms with Gasteiger partial charge < -0.3 is 0 Å². The van der Waals surface area contributed by atoms with Gasteiger partial charge in [-0.1, -0.05) is 65.8 Å². The second kappa shape index (κ2) is 9.60. The number of hydrogen-bond acceptors (Lipinski definition) is 3. The van der Waals surface area contributed by atoms with E-state index in [1.807, 2.05) is 30.6 Å². The van der Waals surface area contributed by atoms with E-state index in [1.54, 1.807) is 18.5 Å². The van der Waals surface area contributed by atoms with Crippen molar-refractivity contribution in [3.8, 4) is 0 Å². The molecule has 2 aromatic heterocycles. The van der Waals surface area contributed by atoms with Gasteiger partial charge in [-0.15, -0.1) is 0 Å². The quantitative estimate of drug-likeness (QED) is 0.503. The van der Waals surface area contributed by atoms with Gasteiger partial charge in [0, 0.05) is 36.8 Å². The first-order valence-electron chi connectivity index (χ1n) is 10.0. The van der Waals surface area contributed by atoms with Gasteiger partial charge in [-0.25, -0.2) is 0 Å². The maximum Gasteiger partial charge on any atom is 0.168 e. The van der Waals surface area contributed by atoms with E-state index in [0.29, 0.717) is 12.0 Å². The van der Waals surface area contributed by atoms with Gasteiger partial charge in [0.25, 0.3) is 0 Å². The van der Waals surface area contributed by atoms with Gasteiger partial charge in [0.1, 0.15) is 0 Å². The third kappa shape index (κ3) is 7.26. The molecule has 3 aromatic rings. The van der Waals surface area contributed by atoms with Gasteiger partial charge >= 0.3 is 0 Å². The Morgan fingerprint density at radius 1 is 0.759 bits per heavy atom. The van der Waals surface area contributed by atoms with Crippen molar-refractivity contribution in [2.75, 3.05) is 0 Å². The Morgan fingerprint density at radius 2 is 1.41 bits per heavy atom. The predicted molar refractivity (Wildman–Crippen MR) is 120 cm³/mol. The average molecular weight is 389 g/mol. The van der Waals surface area contributed by atoms with E-state index in [4.69, 9.17) is 0 Å². The second-order valence-electron chi connectivity index (χ2n) is 9.28. The van der Waals surface area contributed by atoms with Crippen LogP contribution in [0.5, 0.6) is 0 Å². The second-order valence-corrected chi connectivity index (χ2v) is 9.28. The van der Waals surface area contributed by atoms with Crippen LogP contribution in [0.25, 0.3) is 0 Å². The molecule has 0 saturated heterocycles. The summed E-state index contributed by atoms with van der Waals surface area (Å²) in [6.07, 6.45) is 7.39. The highest BCUT2D eigenvalue weighted by atomic mass is 16.1. The number of ketones is 1. The van der Waals surface area contributed by atoms with Crippen molar-refractivity contribution < 1.29 is 4.79 Å². The number of benzene rings is 1. The molecular formula is C26H32N2O. The molecule has 29 heavy (non-hydrogen) atoms. The number of nitrogens with zero attached hydrogens (tertiary/aromatic N) is 2. The topological polar surface area (TPSA) is 42.9 Å². The molecule has 0 atom stereocenters. The van der Waals surface area contributed by atoms with Gasteiger partial charge in [0.05, 0.1) is 0 Å². The Hall–Kier alpha value is -2.81. The third-order valence-corrected chi connectivity index (χ3v) is 4.69. The van der Waals surface area contributed by atoms with Gasteiger partial charge in [-0.2, -0.15) is 0 Å². The molecule has 3 rings (SSSR count). The summed E-state index contributed by atoms with van der Waals surface area (Å²) in [5, 5.41) is 0. The van der Waals surface area contributed by atoms with Crippen molar-refractivity contribution in [2.24, 2.45) is 0 Å². The van der Waals surface area contributed by atoms with Crippen LogP contribution in [0.3, 0.4) is 0 Å². The smallest absolute Gasteiger partial charge is 0.168 e. The minimum atomic E-state index is 0.105. The number of Topliss-reactive ketones (excluding diaryl/α,β-unsaturated/α-hetero) is 1. The third-order valence-electron chi connectivity index (χ3n) is 4.69. The molecule has 152 valence electrons. The molecule has 0 amide bonds. The van der Waals surface area contributed by atoms with E-state index in [9.17, 15) is 4.79 Å². The lowest BCUT2D eigenvalue weighted by Gasteiger charge is -2.19. The fourth-order valence-electron chi connectivity index (χ4n) is 2.81. The Morgan fingerprint density at radius 3 is 1.93 bits per heavy atom. The first kappa shape index (κ1) is 22.5. The molecule has 0 aliphatic rings. The molecule has 0 N–H and O–H groups in total. The molecule has 0 radical (unpaired) electrons. The van der Waals surface area contributed by atoms with E-state index in [-0.39, 0.29) is 16.6 Å². The molecule has 0 unspecified atom stereocenters. The number of carbonyl (C=O) groups is 1. The number of carbonyl (C=O) groups excluding carboxylic acids is 1. The molecule has 0 spiro atoms. The first-order valence-corrected chi connectivity index (χ1v) is 10.0. The minimum Gasteiger partial charge on any atom is -0.294 e. The molecule has 1 aromatic carbocycles. The largest absolute Gasteiger partial charge is 0.294 e. The Labute approximate surface area is 175 Å². The van der Waals surface area contributed by atoms with Crippen LogP contribution in [0.2, 0.25) is 0 Å². The molecule has 3 heteroatoms. The van der Waals surface area contributed by atoms with Gasteiger partial charge in [-0.05, 0) is 51.8 Å². The highest BCUT2D eigenvalue weighted by Gasteiger charge is 2.15. The fraction of sp³-hybridized carbons (Fsp3) is 0.346. The summed E-state index contributed by atoms with van der Waals surface area (Å²) in [6, 6.07) is 16.0. The predicted octanol–water partition coefficient (Wildman–Crippen LogP) is 6.18. The average Bonchev–Trinajstić information content (AvgIpc) is 2.69. The summed E-state index contributed by atoms with van der Waals surface area (Å²) in [5.41, 5.74) is 4.67. The maximum atomic E-state index is 12.1. The molecule has 0 bridgehead atoms. The minimum absolute atomic E-state index is 0.105. The molecule has 0 aliphatic heterocycles. The monoisotopic (exact) mass is 388 g/mol. The van der Waals surface area contributed by atoms with Crippen LogP contribution < -0.4 is 0 Å². The lowest BCUT2D eigenvalue weighted by Crippen LogP contribution is -2.12. The first-order chi connectivity index (χ1) is 13.6. The summed E-state index contributed by atoms with van der Waals surface area (Å²) in [7, 11) is 0. The van der Waals surface area contributed by atoms with Crippen LogP contribution in [-0.4, -0.2) is 15.8 Å². The zero-order chi connectivity index (χ0) is 21.5. The van der Waals surface area contributed by atoms with E-state index < -0.39 is 0 Å². The summed E-state index contributed by atoms with van der Waals surface area (Å²) in [4.78, 5) is 20.1. The Balaban J connectivity index is 0.000000253. The van der Waals surface area contributed by atoms with Crippen LogP contribution in [0, 0.1) is 0 Å². The van der Waals surface area contributed by atoms with Crippen LogP contribution in [-0.2, 0) is 17.3 Å². The zero-order valence-corrected chi connectivity index (χ0v) is 18.4. The highest BCUT2D eigenvalue weighted by molar-refractivity contribution is 5.97. The van der Waals surface area contributed by atoms with E-state index in [0.717, 1.165) is 5.56 Å². The molecule has 2 heterocycles. The van der Waals surface area contributed by atoms with Crippen molar-refractivity contribution in [1.82, 2.24) is 9.97 Å². The lowest BCUT2D eigenvalue weighted by atomic mass is 9.85. The van der Waals surface area contributed by atoms with Gasteiger partial charge in [0.2, 0.25) is 0 Å². The SMILES string of the molecule is CC(C)(C)c1cccc(CC(=O)c2cccnc2)c1.CC(C)(C)c1ccncc1. The normalized spacial score (nSPS) is 11.4. The van der Waals surface area contributed by atoms with Crippen LogP contribution in [0.1, 0.15) is 68.6 Å². The summed E-state index contributed by atoms with van der Waals surface area (Å²) in [5.74, 6) is 0.110. The van der Waals surface area contributed by atoms with Crippen LogP contribution in [0.15, 0.2) is 73.3 Å². The molecule has 0 fully saturated rings. The van der Waals surface area contributed by atoms with Gasteiger partial charge in [-0.3, -0.25) is 14.8 Å². The lowest BCUT2D eigenvalue weighted by molar-refractivity contribution is 0.0992. The van der Waals surface area contributed by atoms with E-state index >= 15 is 0 Å². The van der Waals surface area contributed by atoms with Crippen LogP contribution >= 0.6 is 0 Å². The standard InChI is InChI=1S/C17H19NO.C9H13N/c1-17(2,3)15-8-4-6-13(10-15)11-16(19)14-7-5-9-18-12-14;1-9(2,3)8-4-6-10-7-5-8/h4-10,12H,11H2,1-3H3;4-7H,1-3H3. The van der Waals surface area contributed by atoms with E-state index in [2.05, 4.69) is 75.8 Å². The number of aromatic nitrogens is 2. The molecule has 3 nitrogen and oxygen atoms in total. The summed E-state index contributed by atoms with van der Waals surface area (Å²) < 4.78 is 0. The highest BCUT2D eigenvalue weighted by Crippen LogP contribution is 2.23. The van der Waals surface area contributed by atoms with Crippen LogP contribution in [0.4, 0.5) is 0 Å². The van der Waals surface area contributed by atoms with Crippen molar-refractivity contribution >= 4 is 5.78 Å². The zero-order valence-electron chi connectivity index (χ0n) is 18.4. The van der Waals surface area contributed by atoms with E-state index in [1.165, 1.54) is 11.1 Å².